The fraction of sp³-hybridized carbons (Fsp3) is 0.667. The SMILES string of the molecule is CC1CCC(NC(CO)c2ccco2)C1. The lowest BCUT2D eigenvalue weighted by Gasteiger charge is -2.19. The predicted octanol–water partition coefficient (Wildman–Crippen LogP) is 2.09. The number of hydrogen-bond donors (Lipinski definition) is 2. The van der Waals surface area contributed by atoms with E-state index in [2.05, 4.69) is 12.2 Å². The van der Waals surface area contributed by atoms with Crippen molar-refractivity contribution in [2.75, 3.05) is 6.61 Å². The van der Waals surface area contributed by atoms with E-state index in [-0.39, 0.29) is 12.6 Å². The molecule has 1 aliphatic carbocycles. The molecule has 3 nitrogen and oxygen atoms in total. The summed E-state index contributed by atoms with van der Waals surface area (Å²) in [5, 5.41) is 12.8. The minimum Gasteiger partial charge on any atom is -0.468 e. The van der Waals surface area contributed by atoms with Crippen LogP contribution in [-0.2, 0) is 0 Å². The van der Waals surface area contributed by atoms with Crippen molar-refractivity contribution in [1.29, 1.82) is 0 Å². The zero-order chi connectivity index (χ0) is 10.7. The van der Waals surface area contributed by atoms with E-state index in [9.17, 15) is 5.11 Å². The molecule has 3 atom stereocenters. The molecule has 1 heterocycles. The lowest BCUT2D eigenvalue weighted by atomic mass is 10.1. The summed E-state index contributed by atoms with van der Waals surface area (Å²) in [4.78, 5) is 0. The molecule has 1 aliphatic rings. The van der Waals surface area contributed by atoms with E-state index < -0.39 is 0 Å². The molecule has 2 N–H and O–H groups in total. The van der Waals surface area contributed by atoms with E-state index >= 15 is 0 Å². The van der Waals surface area contributed by atoms with E-state index in [0.29, 0.717) is 6.04 Å². The van der Waals surface area contributed by atoms with Crippen LogP contribution in [-0.4, -0.2) is 17.8 Å². The molecule has 84 valence electrons. The van der Waals surface area contributed by atoms with Gasteiger partial charge in [-0.3, -0.25) is 0 Å². The molecule has 0 spiro atoms. The number of aliphatic hydroxyl groups is 1. The Morgan fingerprint density at radius 1 is 1.60 bits per heavy atom. The van der Waals surface area contributed by atoms with Crippen molar-refractivity contribution < 1.29 is 9.52 Å². The zero-order valence-electron chi connectivity index (χ0n) is 9.15. The molecule has 0 saturated heterocycles. The standard InChI is InChI=1S/C12H19NO2/c1-9-4-5-10(7-9)13-11(8-14)12-3-2-6-15-12/h2-3,6,9-11,13-14H,4-5,7-8H2,1H3. The van der Waals surface area contributed by atoms with Crippen LogP contribution in [0.4, 0.5) is 0 Å². The topological polar surface area (TPSA) is 45.4 Å². The Hall–Kier alpha value is -0.800. The fourth-order valence-corrected chi connectivity index (χ4v) is 2.36. The molecule has 0 radical (unpaired) electrons. The Labute approximate surface area is 90.5 Å². The lowest BCUT2D eigenvalue weighted by Crippen LogP contribution is -2.32. The molecule has 1 aromatic heterocycles. The summed E-state index contributed by atoms with van der Waals surface area (Å²) in [7, 11) is 0. The van der Waals surface area contributed by atoms with Crippen LogP contribution in [0.1, 0.15) is 38.0 Å². The highest BCUT2D eigenvalue weighted by Gasteiger charge is 2.24. The van der Waals surface area contributed by atoms with Crippen molar-refractivity contribution in [2.24, 2.45) is 5.92 Å². The largest absolute Gasteiger partial charge is 0.468 e. The molecule has 3 unspecified atom stereocenters. The first-order chi connectivity index (χ1) is 7.29. The quantitative estimate of drug-likeness (QED) is 0.798. The second-order valence-corrected chi connectivity index (χ2v) is 4.53. The third kappa shape index (κ3) is 2.61. The van der Waals surface area contributed by atoms with Crippen LogP contribution in [0.2, 0.25) is 0 Å². The summed E-state index contributed by atoms with van der Waals surface area (Å²) in [6.07, 6.45) is 5.35. The van der Waals surface area contributed by atoms with Gasteiger partial charge in [0, 0.05) is 6.04 Å². The highest BCUT2D eigenvalue weighted by Crippen LogP contribution is 2.26. The minimum atomic E-state index is -0.0460. The number of nitrogens with one attached hydrogen (secondary N) is 1. The molecule has 15 heavy (non-hydrogen) atoms. The Kier molecular flexibility index (Phi) is 3.44. The van der Waals surface area contributed by atoms with Crippen molar-refractivity contribution in [3.05, 3.63) is 24.2 Å². The highest BCUT2D eigenvalue weighted by atomic mass is 16.3. The first-order valence-electron chi connectivity index (χ1n) is 5.70. The first-order valence-corrected chi connectivity index (χ1v) is 5.70. The van der Waals surface area contributed by atoms with Gasteiger partial charge in [-0.25, -0.2) is 0 Å². The van der Waals surface area contributed by atoms with Gasteiger partial charge in [-0.05, 0) is 37.3 Å². The summed E-state index contributed by atoms with van der Waals surface area (Å²) >= 11 is 0. The van der Waals surface area contributed by atoms with Crippen LogP contribution in [0.15, 0.2) is 22.8 Å². The van der Waals surface area contributed by atoms with Crippen LogP contribution >= 0.6 is 0 Å². The van der Waals surface area contributed by atoms with E-state index in [1.165, 1.54) is 19.3 Å². The molecule has 0 bridgehead atoms. The molecule has 1 saturated carbocycles. The molecule has 2 rings (SSSR count). The van der Waals surface area contributed by atoms with Crippen molar-refractivity contribution in [1.82, 2.24) is 5.32 Å². The van der Waals surface area contributed by atoms with E-state index in [1.54, 1.807) is 6.26 Å². The molecule has 0 amide bonds. The summed E-state index contributed by atoms with van der Waals surface area (Å²) in [6.45, 7) is 2.38. The average Bonchev–Trinajstić information content (AvgIpc) is 2.85. The molecular formula is C12H19NO2. The zero-order valence-corrected chi connectivity index (χ0v) is 9.15. The summed E-state index contributed by atoms with van der Waals surface area (Å²) < 4.78 is 5.30. The molecule has 1 fully saturated rings. The minimum absolute atomic E-state index is 0.0460. The van der Waals surface area contributed by atoms with Crippen LogP contribution in [0.5, 0.6) is 0 Å². The van der Waals surface area contributed by atoms with Crippen LogP contribution in [0.3, 0.4) is 0 Å². The van der Waals surface area contributed by atoms with Crippen molar-refractivity contribution in [2.45, 2.75) is 38.3 Å². The lowest BCUT2D eigenvalue weighted by molar-refractivity contribution is 0.214. The normalized spacial score (nSPS) is 28.1. The molecule has 0 aliphatic heterocycles. The molecule has 0 aromatic carbocycles. The van der Waals surface area contributed by atoms with Gasteiger partial charge in [-0.1, -0.05) is 6.92 Å². The van der Waals surface area contributed by atoms with Gasteiger partial charge >= 0.3 is 0 Å². The van der Waals surface area contributed by atoms with Crippen molar-refractivity contribution in [3.8, 4) is 0 Å². The van der Waals surface area contributed by atoms with Gasteiger partial charge in [0.1, 0.15) is 5.76 Å². The van der Waals surface area contributed by atoms with Gasteiger partial charge in [0.2, 0.25) is 0 Å². The third-order valence-electron chi connectivity index (χ3n) is 3.20. The Balaban J connectivity index is 1.91. The first kappa shape index (κ1) is 10.7. The summed E-state index contributed by atoms with van der Waals surface area (Å²) in [5.41, 5.74) is 0. The summed E-state index contributed by atoms with van der Waals surface area (Å²) in [5.74, 6) is 1.63. The fourth-order valence-electron chi connectivity index (χ4n) is 2.36. The second-order valence-electron chi connectivity index (χ2n) is 4.53. The van der Waals surface area contributed by atoms with Crippen LogP contribution in [0, 0.1) is 5.92 Å². The number of rotatable bonds is 4. The van der Waals surface area contributed by atoms with Gasteiger partial charge in [-0.15, -0.1) is 0 Å². The van der Waals surface area contributed by atoms with E-state index in [4.69, 9.17) is 4.42 Å². The van der Waals surface area contributed by atoms with Crippen LogP contribution < -0.4 is 5.32 Å². The Morgan fingerprint density at radius 3 is 3.00 bits per heavy atom. The number of hydrogen-bond acceptors (Lipinski definition) is 3. The third-order valence-corrected chi connectivity index (χ3v) is 3.20. The second kappa shape index (κ2) is 4.81. The van der Waals surface area contributed by atoms with Gasteiger partial charge < -0.3 is 14.8 Å². The maximum atomic E-state index is 9.30. The maximum Gasteiger partial charge on any atom is 0.123 e. The van der Waals surface area contributed by atoms with Gasteiger partial charge in [-0.2, -0.15) is 0 Å². The average molecular weight is 209 g/mol. The maximum absolute atomic E-state index is 9.30. The summed E-state index contributed by atoms with van der Waals surface area (Å²) in [6, 6.07) is 4.25. The number of aliphatic hydroxyl groups excluding tert-OH is 1. The van der Waals surface area contributed by atoms with Gasteiger partial charge in [0.25, 0.3) is 0 Å². The molecule has 1 aromatic rings. The monoisotopic (exact) mass is 209 g/mol. The Bertz CT molecular complexity index is 284. The van der Waals surface area contributed by atoms with Gasteiger partial charge in [0.05, 0.1) is 18.9 Å². The van der Waals surface area contributed by atoms with Crippen molar-refractivity contribution >= 4 is 0 Å². The Morgan fingerprint density at radius 2 is 2.47 bits per heavy atom. The number of furan rings is 1. The molecular weight excluding hydrogens is 190 g/mol. The molecule has 3 heteroatoms. The smallest absolute Gasteiger partial charge is 0.123 e. The van der Waals surface area contributed by atoms with Crippen LogP contribution in [0.25, 0.3) is 0 Å². The van der Waals surface area contributed by atoms with E-state index in [1.807, 2.05) is 12.1 Å². The predicted molar refractivity (Wildman–Crippen MR) is 58.5 cm³/mol. The van der Waals surface area contributed by atoms with Crippen molar-refractivity contribution in [3.63, 3.8) is 0 Å². The highest BCUT2D eigenvalue weighted by molar-refractivity contribution is 5.05. The van der Waals surface area contributed by atoms with E-state index in [0.717, 1.165) is 11.7 Å². The van der Waals surface area contributed by atoms with Gasteiger partial charge in [0.15, 0.2) is 0 Å².